The van der Waals surface area contributed by atoms with Crippen molar-refractivity contribution in [3.63, 3.8) is 0 Å². The smallest absolute Gasteiger partial charge is 0.381 e. The first kappa shape index (κ1) is 27.7. The van der Waals surface area contributed by atoms with E-state index in [1.807, 2.05) is 0 Å². The molecule has 2 saturated heterocycles. The molecule has 7 nitrogen and oxygen atoms in total. The molecule has 39 heavy (non-hydrogen) atoms. The summed E-state index contributed by atoms with van der Waals surface area (Å²) in [6.45, 7) is 6.11. The predicted molar refractivity (Wildman–Crippen MR) is 143 cm³/mol. The van der Waals surface area contributed by atoms with Crippen LogP contribution in [-0.4, -0.2) is 54.8 Å². The summed E-state index contributed by atoms with van der Waals surface area (Å²) in [5.74, 6) is 0.423. The molecule has 1 aromatic carbocycles. The van der Waals surface area contributed by atoms with Crippen LogP contribution < -0.4 is 16.2 Å². The van der Waals surface area contributed by atoms with E-state index >= 15 is 0 Å². The number of piperidine rings is 1. The first-order valence-corrected chi connectivity index (χ1v) is 13.8. The van der Waals surface area contributed by atoms with Crippen molar-refractivity contribution in [3.8, 4) is 0 Å². The molecule has 1 unspecified atom stereocenters. The number of halogens is 3. The van der Waals surface area contributed by atoms with Crippen LogP contribution in [0.1, 0.15) is 71.7 Å². The SMILES string of the molecule is Cc1c([C@@H](C)NC(=O)c2cn(C3CCOCC3)c(=O)cc2NC2[C@@H]3CC[C@H]2CN(C)C3)cccc1C(F)(F)F. The van der Waals surface area contributed by atoms with Crippen LogP contribution in [-0.2, 0) is 10.9 Å². The Morgan fingerprint density at radius 3 is 2.41 bits per heavy atom. The molecule has 1 amide bonds. The number of rotatable bonds is 6. The van der Waals surface area contributed by atoms with Crippen LogP contribution in [0.4, 0.5) is 18.9 Å². The zero-order valence-corrected chi connectivity index (χ0v) is 22.7. The second-order valence-electron chi connectivity index (χ2n) is 11.4. The van der Waals surface area contributed by atoms with E-state index in [0.29, 0.717) is 54.7 Å². The summed E-state index contributed by atoms with van der Waals surface area (Å²) in [6.07, 6.45) is 0.684. The summed E-state index contributed by atoms with van der Waals surface area (Å²) >= 11 is 0. The Bertz CT molecular complexity index is 1260. The Hall–Kier alpha value is -2.85. The van der Waals surface area contributed by atoms with Crippen molar-refractivity contribution in [1.82, 2.24) is 14.8 Å². The number of benzene rings is 1. The molecule has 3 aliphatic rings. The quantitative estimate of drug-likeness (QED) is 0.546. The topological polar surface area (TPSA) is 75.6 Å². The maximum Gasteiger partial charge on any atom is 0.416 e. The van der Waals surface area contributed by atoms with E-state index in [1.165, 1.54) is 19.1 Å². The highest BCUT2D eigenvalue weighted by molar-refractivity contribution is 5.99. The van der Waals surface area contributed by atoms with E-state index in [-0.39, 0.29) is 23.2 Å². The Morgan fingerprint density at radius 2 is 1.77 bits per heavy atom. The third-order valence-corrected chi connectivity index (χ3v) is 8.74. The Morgan fingerprint density at radius 1 is 1.10 bits per heavy atom. The summed E-state index contributed by atoms with van der Waals surface area (Å²) in [4.78, 5) is 29.3. The third kappa shape index (κ3) is 5.72. The van der Waals surface area contributed by atoms with Gasteiger partial charge in [-0.1, -0.05) is 12.1 Å². The molecule has 10 heteroatoms. The van der Waals surface area contributed by atoms with Gasteiger partial charge in [-0.15, -0.1) is 0 Å². The lowest BCUT2D eigenvalue weighted by atomic mass is 9.92. The van der Waals surface area contributed by atoms with Gasteiger partial charge in [0.1, 0.15) is 0 Å². The molecule has 0 radical (unpaired) electrons. The van der Waals surface area contributed by atoms with Crippen molar-refractivity contribution in [2.75, 3.05) is 38.7 Å². The third-order valence-electron chi connectivity index (χ3n) is 8.74. The number of aromatic nitrogens is 1. The number of alkyl halides is 3. The Kier molecular flexibility index (Phi) is 7.79. The van der Waals surface area contributed by atoms with Crippen LogP contribution in [0.25, 0.3) is 0 Å². The number of fused-ring (bicyclic) bond motifs is 2. The van der Waals surface area contributed by atoms with Crippen molar-refractivity contribution in [2.24, 2.45) is 11.8 Å². The van der Waals surface area contributed by atoms with Gasteiger partial charge in [-0.25, -0.2) is 0 Å². The van der Waals surface area contributed by atoms with Crippen LogP contribution in [0.5, 0.6) is 0 Å². The molecule has 3 fully saturated rings. The van der Waals surface area contributed by atoms with E-state index in [1.54, 1.807) is 23.8 Å². The van der Waals surface area contributed by atoms with Gasteiger partial charge in [0.2, 0.25) is 0 Å². The van der Waals surface area contributed by atoms with Gasteiger partial charge in [0.05, 0.1) is 22.9 Å². The Balaban J connectivity index is 1.46. The fraction of sp³-hybridized carbons (Fsp3) is 0.586. The van der Waals surface area contributed by atoms with Gasteiger partial charge in [-0.05, 0) is 75.6 Å². The van der Waals surface area contributed by atoms with E-state index in [0.717, 1.165) is 32.0 Å². The minimum atomic E-state index is -4.48. The molecule has 5 rings (SSSR count). The number of pyridine rings is 1. The van der Waals surface area contributed by atoms with Gasteiger partial charge in [-0.2, -0.15) is 13.2 Å². The number of likely N-dealkylation sites (tertiary alicyclic amines) is 1. The van der Waals surface area contributed by atoms with Gasteiger partial charge in [-0.3, -0.25) is 9.59 Å². The van der Waals surface area contributed by atoms with E-state index < -0.39 is 23.7 Å². The lowest BCUT2D eigenvalue weighted by Crippen LogP contribution is -2.47. The van der Waals surface area contributed by atoms with Crippen LogP contribution in [0.3, 0.4) is 0 Å². The monoisotopic (exact) mass is 546 g/mol. The van der Waals surface area contributed by atoms with E-state index in [4.69, 9.17) is 4.74 Å². The number of nitrogens with zero attached hydrogens (tertiary/aromatic N) is 2. The molecular formula is C29H37F3N4O3. The molecule has 1 saturated carbocycles. The minimum absolute atomic E-state index is 0.0745. The maximum absolute atomic E-state index is 13.7. The fourth-order valence-electron chi connectivity index (χ4n) is 6.75. The molecule has 212 valence electrons. The van der Waals surface area contributed by atoms with Crippen LogP contribution in [0.15, 0.2) is 35.3 Å². The highest BCUT2D eigenvalue weighted by atomic mass is 19.4. The summed E-state index contributed by atoms with van der Waals surface area (Å²) in [7, 11) is 2.12. The zero-order valence-electron chi connectivity index (χ0n) is 22.7. The number of carbonyl (C=O) groups is 1. The van der Waals surface area contributed by atoms with Gasteiger partial charge >= 0.3 is 6.18 Å². The first-order chi connectivity index (χ1) is 18.5. The van der Waals surface area contributed by atoms with Gasteiger partial charge in [0.25, 0.3) is 11.5 Å². The van der Waals surface area contributed by atoms with E-state index in [9.17, 15) is 22.8 Å². The van der Waals surface area contributed by atoms with Crippen molar-refractivity contribution >= 4 is 11.6 Å². The van der Waals surface area contributed by atoms with Crippen molar-refractivity contribution in [2.45, 2.75) is 63.8 Å². The first-order valence-electron chi connectivity index (χ1n) is 13.8. The second-order valence-corrected chi connectivity index (χ2v) is 11.4. The number of hydrogen-bond donors (Lipinski definition) is 2. The summed E-state index contributed by atoms with van der Waals surface area (Å²) in [6, 6.07) is 4.95. The number of anilines is 1. The standard InChI is InChI=1S/C29H37F3N4O3/c1-17-22(5-4-6-24(17)29(30,31)32)18(2)33-28(38)23-16-36(21-9-11-39-12-10-21)26(37)13-25(23)34-27-19-7-8-20(27)15-35(3)14-19/h4-6,13,16,18-21,27,34H,7-12,14-15H2,1-3H3,(H,33,38)/t18-,19-,20+,27?/m1/s1. The summed E-state index contributed by atoms with van der Waals surface area (Å²) in [5, 5.41) is 6.47. The molecule has 4 atom stereocenters. The number of nitrogens with one attached hydrogen (secondary N) is 2. The number of carbonyl (C=O) groups excluding carboxylic acids is 1. The highest BCUT2D eigenvalue weighted by Crippen LogP contribution is 2.39. The molecule has 1 aromatic heterocycles. The lowest BCUT2D eigenvalue weighted by molar-refractivity contribution is -0.138. The van der Waals surface area contributed by atoms with Crippen molar-refractivity contribution < 1.29 is 22.7 Å². The second kappa shape index (κ2) is 11.0. The van der Waals surface area contributed by atoms with Crippen LogP contribution in [0, 0.1) is 18.8 Å². The van der Waals surface area contributed by atoms with Crippen molar-refractivity contribution in [1.29, 1.82) is 0 Å². The fourth-order valence-corrected chi connectivity index (χ4v) is 6.75. The minimum Gasteiger partial charge on any atom is -0.381 e. The molecule has 2 aromatic rings. The molecule has 3 heterocycles. The molecule has 2 aliphatic heterocycles. The molecule has 2 N–H and O–H groups in total. The van der Waals surface area contributed by atoms with Gasteiger partial charge < -0.3 is 24.8 Å². The molecule has 2 bridgehead atoms. The molecule has 0 spiro atoms. The Labute approximate surface area is 226 Å². The van der Waals surface area contributed by atoms with Crippen LogP contribution in [0.2, 0.25) is 0 Å². The molecule has 1 aliphatic carbocycles. The lowest BCUT2D eigenvalue weighted by Gasteiger charge is -2.37. The average molecular weight is 547 g/mol. The summed E-state index contributed by atoms with van der Waals surface area (Å²) in [5.41, 5.74) is 0.415. The normalized spacial score (nSPS) is 24.9. The predicted octanol–water partition coefficient (Wildman–Crippen LogP) is 4.77. The average Bonchev–Trinajstić information content (AvgIpc) is 3.11. The number of ether oxygens (including phenoxy) is 1. The number of hydrogen-bond acceptors (Lipinski definition) is 5. The highest BCUT2D eigenvalue weighted by Gasteiger charge is 2.41. The molecular weight excluding hydrogens is 509 g/mol. The van der Waals surface area contributed by atoms with Gasteiger partial charge in [0.15, 0.2) is 0 Å². The maximum atomic E-state index is 13.7. The van der Waals surface area contributed by atoms with E-state index in [2.05, 4.69) is 22.6 Å². The number of amides is 1. The van der Waals surface area contributed by atoms with Crippen LogP contribution >= 0.6 is 0 Å². The van der Waals surface area contributed by atoms with Gasteiger partial charge in [0, 0.05) is 50.7 Å². The largest absolute Gasteiger partial charge is 0.416 e. The zero-order chi connectivity index (χ0) is 27.9. The summed E-state index contributed by atoms with van der Waals surface area (Å²) < 4.78 is 47.6. The van der Waals surface area contributed by atoms with Crippen molar-refractivity contribution in [3.05, 3.63) is 63.1 Å².